The minimum Gasteiger partial charge on any atom is -0.507 e. The lowest BCUT2D eigenvalue weighted by atomic mass is 10.0. The average Bonchev–Trinajstić information content (AvgIpc) is 2.31. The second-order valence-corrected chi connectivity index (χ2v) is 4.31. The number of aromatic hydroxyl groups is 1. The zero-order valence-corrected chi connectivity index (χ0v) is 9.94. The molecule has 16 heavy (non-hydrogen) atoms. The van der Waals surface area contributed by atoms with Gasteiger partial charge in [-0.05, 0) is 35.4 Å². The summed E-state index contributed by atoms with van der Waals surface area (Å²) in [6.45, 7) is 0. The number of carbonyl (C=O) groups is 1. The maximum atomic E-state index is 10.7. The second-order valence-electron chi connectivity index (χ2n) is 3.40. The van der Waals surface area contributed by atoms with Gasteiger partial charge in [0.25, 0.3) is 0 Å². The molecule has 0 aliphatic heterocycles. The van der Waals surface area contributed by atoms with E-state index in [-0.39, 0.29) is 5.75 Å². The Hall–Kier alpha value is -1.61. The van der Waals surface area contributed by atoms with Gasteiger partial charge in [0.2, 0.25) is 0 Å². The van der Waals surface area contributed by atoms with Crippen molar-refractivity contribution in [1.29, 1.82) is 0 Å². The van der Waals surface area contributed by atoms with Crippen LogP contribution in [0.15, 0.2) is 46.9 Å². The molecule has 80 valence electrons. The number of hydrogen-bond acceptors (Lipinski definition) is 2. The second kappa shape index (κ2) is 4.49. The number of carbonyl (C=O) groups excluding carboxylic acids is 1. The van der Waals surface area contributed by atoms with Crippen molar-refractivity contribution in [2.24, 2.45) is 0 Å². The topological polar surface area (TPSA) is 37.3 Å². The first-order valence-electron chi connectivity index (χ1n) is 4.75. The van der Waals surface area contributed by atoms with Gasteiger partial charge >= 0.3 is 0 Å². The molecule has 0 aromatic heterocycles. The maximum Gasteiger partial charge on any atom is 0.153 e. The van der Waals surface area contributed by atoms with Gasteiger partial charge in [-0.3, -0.25) is 4.79 Å². The van der Waals surface area contributed by atoms with Gasteiger partial charge in [0.15, 0.2) is 6.29 Å². The molecule has 2 aromatic rings. The lowest BCUT2D eigenvalue weighted by Gasteiger charge is -2.04. The van der Waals surface area contributed by atoms with Gasteiger partial charge in [-0.15, -0.1) is 0 Å². The van der Waals surface area contributed by atoms with Gasteiger partial charge in [-0.2, -0.15) is 0 Å². The molecular weight excluding hydrogens is 268 g/mol. The maximum absolute atomic E-state index is 10.7. The normalized spacial score (nSPS) is 10.1. The van der Waals surface area contributed by atoms with Gasteiger partial charge in [0, 0.05) is 4.47 Å². The van der Waals surface area contributed by atoms with E-state index in [1.165, 1.54) is 6.07 Å². The van der Waals surface area contributed by atoms with Crippen molar-refractivity contribution < 1.29 is 9.90 Å². The largest absolute Gasteiger partial charge is 0.507 e. The standard InChI is InChI=1S/C13H9BrO2/c14-12-4-1-9(2-5-12)10-3-6-13(16)11(7-10)8-15/h1-8,16H. The molecule has 2 aromatic carbocycles. The first-order valence-corrected chi connectivity index (χ1v) is 5.54. The summed E-state index contributed by atoms with van der Waals surface area (Å²) < 4.78 is 1.01. The number of phenols is 1. The molecule has 0 bridgehead atoms. The van der Waals surface area contributed by atoms with Crippen LogP contribution in [0.1, 0.15) is 10.4 Å². The van der Waals surface area contributed by atoms with Crippen molar-refractivity contribution >= 4 is 22.2 Å². The number of hydrogen-bond donors (Lipinski definition) is 1. The Morgan fingerprint density at radius 2 is 1.62 bits per heavy atom. The van der Waals surface area contributed by atoms with Crippen molar-refractivity contribution in [2.75, 3.05) is 0 Å². The summed E-state index contributed by atoms with van der Waals surface area (Å²) in [6.07, 6.45) is 0.650. The molecular formula is C13H9BrO2. The molecule has 0 aliphatic rings. The SMILES string of the molecule is O=Cc1cc(-c2ccc(Br)cc2)ccc1O. The molecule has 0 radical (unpaired) electrons. The van der Waals surface area contributed by atoms with E-state index in [9.17, 15) is 9.90 Å². The third-order valence-electron chi connectivity index (χ3n) is 2.33. The van der Waals surface area contributed by atoms with Crippen molar-refractivity contribution in [3.8, 4) is 16.9 Å². The third kappa shape index (κ3) is 2.14. The van der Waals surface area contributed by atoms with Crippen LogP contribution < -0.4 is 0 Å². The van der Waals surface area contributed by atoms with Crippen LogP contribution in [0.3, 0.4) is 0 Å². The lowest BCUT2D eigenvalue weighted by Crippen LogP contribution is -1.84. The van der Waals surface area contributed by atoms with Gasteiger partial charge in [0.05, 0.1) is 5.56 Å². The van der Waals surface area contributed by atoms with Crippen LogP contribution in [0.5, 0.6) is 5.75 Å². The molecule has 1 N–H and O–H groups in total. The smallest absolute Gasteiger partial charge is 0.153 e. The quantitative estimate of drug-likeness (QED) is 0.851. The van der Waals surface area contributed by atoms with Crippen molar-refractivity contribution in [2.45, 2.75) is 0 Å². The van der Waals surface area contributed by atoms with Crippen LogP contribution in [0.2, 0.25) is 0 Å². The van der Waals surface area contributed by atoms with E-state index in [0.717, 1.165) is 15.6 Å². The van der Waals surface area contributed by atoms with Crippen LogP contribution in [-0.2, 0) is 0 Å². The van der Waals surface area contributed by atoms with Crippen molar-refractivity contribution in [3.05, 3.63) is 52.5 Å². The van der Waals surface area contributed by atoms with Crippen LogP contribution in [0.4, 0.5) is 0 Å². The minimum atomic E-state index is 0.0101. The molecule has 3 heteroatoms. The van der Waals surface area contributed by atoms with Crippen LogP contribution in [0, 0.1) is 0 Å². The summed E-state index contributed by atoms with van der Waals surface area (Å²) in [4.78, 5) is 10.7. The zero-order chi connectivity index (χ0) is 11.5. The zero-order valence-electron chi connectivity index (χ0n) is 8.35. The highest BCUT2D eigenvalue weighted by Gasteiger charge is 2.03. The van der Waals surface area contributed by atoms with Crippen molar-refractivity contribution in [1.82, 2.24) is 0 Å². The number of aldehydes is 1. The summed E-state index contributed by atoms with van der Waals surface area (Å²) >= 11 is 3.36. The van der Waals surface area contributed by atoms with Gasteiger partial charge in [-0.1, -0.05) is 34.1 Å². The summed E-state index contributed by atoms with van der Waals surface area (Å²) in [7, 11) is 0. The van der Waals surface area contributed by atoms with E-state index < -0.39 is 0 Å². The Bertz CT molecular complexity index is 518. The predicted octanol–water partition coefficient (Wildman–Crippen LogP) is 3.63. The molecule has 0 atom stereocenters. The highest BCUT2D eigenvalue weighted by atomic mass is 79.9. The van der Waals surface area contributed by atoms with Gasteiger partial charge < -0.3 is 5.11 Å². The van der Waals surface area contributed by atoms with Crippen molar-refractivity contribution in [3.63, 3.8) is 0 Å². The molecule has 0 saturated carbocycles. The van der Waals surface area contributed by atoms with E-state index >= 15 is 0 Å². The van der Waals surface area contributed by atoms with E-state index in [1.807, 2.05) is 24.3 Å². The Kier molecular flexibility index (Phi) is 3.06. The first-order chi connectivity index (χ1) is 7.70. The Labute approximate surface area is 102 Å². The minimum absolute atomic E-state index is 0.0101. The van der Waals surface area contributed by atoms with E-state index in [4.69, 9.17) is 0 Å². The fourth-order valence-corrected chi connectivity index (χ4v) is 1.74. The molecule has 0 amide bonds. The Morgan fingerprint density at radius 3 is 2.25 bits per heavy atom. The number of halogens is 1. The Balaban J connectivity index is 2.48. The van der Waals surface area contributed by atoms with Crippen LogP contribution in [0.25, 0.3) is 11.1 Å². The number of benzene rings is 2. The summed E-state index contributed by atoms with van der Waals surface area (Å²) in [5.41, 5.74) is 2.22. The van der Waals surface area contributed by atoms with Gasteiger partial charge in [-0.25, -0.2) is 0 Å². The predicted molar refractivity (Wildman–Crippen MR) is 66.6 cm³/mol. The average molecular weight is 277 g/mol. The third-order valence-corrected chi connectivity index (χ3v) is 2.86. The van der Waals surface area contributed by atoms with E-state index in [2.05, 4.69) is 15.9 Å². The molecule has 0 fully saturated rings. The fourth-order valence-electron chi connectivity index (χ4n) is 1.47. The molecule has 0 unspecified atom stereocenters. The van der Waals surface area contributed by atoms with Crippen LogP contribution >= 0.6 is 15.9 Å². The summed E-state index contributed by atoms with van der Waals surface area (Å²) in [5.74, 6) is 0.0101. The number of phenolic OH excluding ortho intramolecular Hbond substituents is 1. The molecule has 2 nitrogen and oxygen atoms in total. The molecule has 0 heterocycles. The lowest BCUT2D eigenvalue weighted by molar-refractivity contribution is 0.112. The Morgan fingerprint density at radius 1 is 1.00 bits per heavy atom. The highest BCUT2D eigenvalue weighted by molar-refractivity contribution is 9.10. The number of rotatable bonds is 2. The fraction of sp³-hybridized carbons (Fsp3) is 0. The molecule has 0 spiro atoms. The summed E-state index contributed by atoms with van der Waals surface area (Å²) in [6, 6.07) is 12.7. The first kappa shape index (κ1) is 10.9. The van der Waals surface area contributed by atoms with E-state index in [1.54, 1.807) is 12.1 Å². The summed E-state index contributed by atoms with van der Waals surface area (Å²) in [5, 5.41) is 9.39. The molecule has 0 aliphatic carbocycles. The van der Waals surface area contributed by atoms with E-state index in [0.29, 0.717) is 11.8 Å². The highest BCUT2D eigenvalue weighted by Crippen LogP contribution is 2.26. The molecule has 2 rings (SSSR count). The molecule has 0 saturated heterocycles. The van der Waals surface area contributed by atoms with Crippen LogP contribution in [-0.4, -0.2) is 11.4 Å². The monoisotopic (exact) mass is 276 g/mol. The van der Waals surface area contributed by atoms with Gasteiger partial charge in [0.1, 0.15) is 5.75 Å².